The number of carboxylic acid groups (broad SMARTS) is 1. The molecule has 0 aliphatic rings. The lowest BCUT2D eigenvalue weighted by atomic mass is 9.96. The van der Waals surface area contributed by atoms with Gasteiger partial charge in [-0.3, -0.25) is 9.48 Å². The van der Waals surface area contributed by atoms with Gasteiger partial charge in [-0.15, -0.1) is 5.92 Å². The standard InChI is InChI=1S/C25H28N2O3/c1-5-6-20(13-25(28)29)19-7-9-23(10-8-19)30-16-22-12-21-14-26-27(15-17(2)3)24(21)11-18(22)4/h7-12,14,17,20H,13,15-16H2,1-4H3,(H,28,29)/t20-/m0/s1. The van der Waals surface area contributed by atoms with Crippen molar-refractivity contribution >= 4 is 16.9 Å². The van der Waals surface area contributed by atoms with E-state index in [9.17, 15) is 4.79 Å². The van der Waals surface area contributed by atoms with E-state index in [0.717, 1.165) is 34.3 Å². The molecule has 0 amide bonds. The quantitative estimate of drug-likeness (QED) is 0.527. The maximum absolute atomic E-state index is 11.1. The summed E-state index contributed by atoms with van der Waals surface area (Å²) >= 11 is 0. The fourth-order valence-corrected chi connectivity index (χ4v) is 3.48. The van der Waals surface area contributed by atoms with Crippen LogP contribution in [0.25, 0.3) is 10.9 Å². The fraction of sp³-hybridized carbons (Fsp3) is 0.360. The van der Waals surface area contributed by atoms with Crippen molar-refractivity contribution in [3.05, 3.63) is 59.3 Å². The van der Waals surface area contributed by atoms with Gasteiger partial charge in [0.25, 0.3) is 0 Å². The monoisotopic (exact) mass is 404 g/mol. The Morgan fingerprint density at radius 3 is 2.60 bits per heavy atom. The fourth-order valence-electron chi connectivity index (χ4n) is 3.48. The Kier molecular flexibility index (Phi) is 6.79. The first kappa shape index (κ1) is 21.4. The SMILES string of the molecule is CC#C[C@@H](CC(=O)O)c1ccc(OCc2cc3cnn(CC(C)C)c3cc2C)cc1. The maximum Gasteiger partial charge on any atom is 0.304 e. The van der Waals surface area contributed by atoms with Crippen LogP contribution in [0, 0.1) is 24.7 Å². The number of hydrogen-bond acceptors (Lipinski definition) is 3. The van der Waals surface area contributed by atoms with Gasteiger partial charge in [-0.05, 0) is 60.7 Å². The molecule has 0 aliphatic carbocycles. The molecule has 2 aromatic carbocycles. The lowest BCUT2D eigenvalue weighted by Gasteiger charge is -2.12. The van der Waals surface area contributed by atoms with Gasteiger partial charge in [0.1, 0.15) is 12.4 Å². The number of aliphatic carboxylic acids is 1. The van der Waals surface area contributed by atoms with Crippen LogP contribution in [0.15, 0.2) is 42.6 Å². The van der Waals surface area contributed by atoms with E-state index in [1.54, 1.807) is 6.92 Å². The molecule has 0 radical (unpaired) electrons. The van der Waals surface area contributed by atoms with E-state index in [1.807, 2.05) is 30.5 Å². The summed E-state index contributed by atoms with van der Waals surface area (Å²) in [5.74, 6) is 5.90. The van der Waals surface area contributed by atoms with Gasteiger partial charge in [0.2, 0.25) is 0 Å². The van der Waals surface area contributed by atoms with Crippen LogP contribution in [-0.2, 0) is 17.9 Å². The molecule has 0 bridgehead atoms. The third-order valence-corrected chi connectivity index (χ3v) is 5.01. The zero-order chi connectivity index (χ0) is 21.7. The first-order chi connectivity index (χ1) is 14.4. The molecule has 0 saturated heterocycles. The van der Waals surface area contributed by atoms with Gasteiger partial charge in [0, 0.05) is 11.9 Å². The average molecular weight is 405 g/mol. The van der Waals surface area contributed by atoms with Crippen molar-refractivity contribution in [1.82, 2.24) is 9.78 Å². The molecule has 1 aromatic heterocycles. The summed E-state index contributed by atoms with van der Waals surface area (Å²) in [6.07, 6.45) is 1.90. The Bertz CT molecular complexity index is 1090. The minimum Gasteiger partial charge on any atom is -0.489 e. The van der Waals surface area contributed by atoms with Crippen molar-refractivity contribution in [1.29, 1.82) is 0 Å². The van der Waals surface area contributed by atoms with Crippen LogP contribution in [-0.4, -0.2) is 20.9 Å². The summed E-state index contributed by atoms with van der Waals surface area (Å²) in [4.78, 5) is 11.1. The molecule has 5 heteroatoms. The van der Waals surface area contributed by atoms with Gasteiger partial charge in [-0.1, -0.05) is 31.9 Å². The van der Waals surface area contributed by atoms with Crippen LogP contribution in [0.5, 0.6) is 5.75 Å². The highest BCUT2D eigenvalue weighted by Crippen LogP contribution is 2.25. The zero-order valence-corrected chi connectivity index (χ0v) is 18.0. The van der Waals surface area contributed by atoms with Crippen molar-refractivity contribution in [3.8, 4) is 17.6 Å². The number of carbonyl (C=O) groups is 1. The first-order valence-corrected chi connectivity index (χ1v) is 10.2. The van der Waals surface area contributed by atoms with Gasteiger partial charge in [-0.2, -0.15) is 5.10 Å². The van der Waals surface area contributed by atoms with Crippen molar-refractivity contribution < 1.29 is 14.6 Å². The van der Waals surface area contributed by atoms with Crippen molar-refractivity contribution in [2.75, 3.05) is 0 Å². The Morgan fingerprint density at radius 2 is 1.97 bits per heavy atom. The molecule has 0 saturated carbocycles. The normalized spacial score (nSPS) is 11.9. The summed E-state index contributed by atoms with van der Waals surface area (Å²) < 4.78 is 8.05. The van der Waals surface area contributed by atoms with E-state index in [4.69, 9.17) is 9.84 Å². The van der Waals surface area contributed by atoms with Crippen LogP contribution in [0.4, 0.5) is 0 Å². The van der Waals surface area contributed by atoms with E-state index >= 15 is 0 Å². The number of benzene rings is 2. The molecule has 1 atom stereocenters. The highest BCUT2D eigenvalue weighted by atomic mass is 16.5. The highest BCUT2D eigenvalue weighted by Gasteiger charge is 2.13. The second kappa shape index (κ2) is 9.49. The molecular weight excluding hydrogens is 376 g/mol. The van der Waals surface area contributed by atoms with E-state index in [1.165, 1.54) is 5.56 Å². The van der Waals surface area contributed by atoms with Gasteiger partial charge >= 0.3 is 5.97 Å². The van der Waals surface area contributed by atoms with E-state index < -0.39 is 5.97 Å². The largest absolute Gasteiger partial charge is 0.489 e. The Labute approximate surface area is 177 Å². The van der Waals surface area contributed by atoms with Crippen molar-refractivity contribution in [3.63, 3.8) is 0 Å². The summed E-state index contributed by atoms with van der Waals surface area (Å²) in [7, 11) is 0. The van der Waals surface area contributed by atoms with Crippen LogP contribution < -0.4 is 4.74 Å². The Hall–Kier alpha value is -3.26. The third kappa shape index (κ3) is 5.21. The average Bonchev–Trinajstić information content (AvgIpc) is 3.07. The predicted octanol–water partition coefficient (Wildman–Crippen LogP) is 5.16. The first-order valence-electron chi connectivity index (χ1n) is 10.2. The molecular formula is C25H28N2O3. The molecule has 0 fully saturated rings. The second-order valence-corrected chi connectivity index (χ2v) is 7.96. The number of nitrogens with zero attached hydrogens (tertiary/aromatic N) is 2. The minimum absolute atomic E-state index is 0.00918. The number of fused-ring (bicyclic) bond motifs is 1. The molecule has 30 heavy (non-hydrogen) atoms. The summed E-state index contributed by atoms with van der Waals surface area (Å²) in [5, 5.41) is 14.7. The van der Waals surface area contributed by atoms with Gasteiger partial charge < -0.3 is 9.84 Å². The van der Waals surface area contributed by atoms with Crippen LogP contribution >= 0.6 is 0 Å². The topological polar surface area (TPSA) is 64.3 Å². The smallest absolute Gasteiger partial charge is 0.304 e. The van der Waals surface area contributed by atoms with Gasteiger partial charge in [0.05, 0.1) is 24.1 Å². The van der Waals surface area contributed by atoms with Crippen LogP contribution in [0.2, 0.25) is 0 Å². The molecule has 3 aromatic rings. The molecule has 0 aliphatic heterocycles. The van der Waals surface area contributed by atoms with Gasteiger partial charge in [0.15, 0.2) is 0 Å². The molecule has 1 N–H and O–H groups in total. The molecule has 5 nitrogen and oxygen atoms in total. The third-order valence-electron chi connectivity index (χ3n) is 5.01. The highest BCUT2D eigenvalue weighted by molar-refractivity contribution is 5.80. The lowest BCUT2D eigenvalue weighted by Crippen LogP contribution is -2.06. The van der Waals surface area contributed by atoms with Crippen molar-refractivity contribution in [2.45, 2.75) is 53.2 Å². The van der Waals surface area contributed by atoms with E-state index in [0.29, 0.717) is 12.5 Å². The number of carboxylic acids is 1. The summed E-state index contributed by atoms with van der Waals surface area (Å²) in [5.41, 5.74) is 4.32. The zero-order valence-electron chi connectivity index (χ0n) is 18.0. The number of aryl methyl sites for hydroxylation is 1. The molecule has 1 heterocycles. The Morgan fingerprint density at radius 1 is 1.23 bits per heavy atom. The second-order valence-electron chi connectivity index (χ2n) is 7.96. The Balaban J connectivity index is 1.72. The minimum atomic E-state index is -0.856. The van der Waals surface area contributed by atoms with E-state index in [-0.39, 0.29) is 12.3 Å². The maximum atomic E-state index is 11.1. The van der Waals surface area contributed by atoms with Crippen LogP contribution in [0.1, 0.15) is 49.8 Å². The van der Waals surface area contributed by atoms with Crippen LogP contribution in [0.3, 0.4) is 0 Å². The number of ether oxygens (including phenoxy) is 1. The predicted molar refractivity (Wildman–Crippen MR) is 119 cm³/mol. The van der Waals surface area contributed by atoms with E-state index in [2.05, 4.69) is 54.5 Å². The molecule has 156 valence electrons. The number of hydrogen-bond donors (Lipinski definition) is 1. The molecule has 0 unspecified atom stereocenters. The molecule has 0 spiro atoms. The summed E-state index contributed by atoms with van der Waals surface area (Å²) in [6, 6.07) is 11.8. The number of aromatic nitrogens is 2. The van der Waals surface area contributed by atoms with Gasteiger partial charge in [-0.25, -0.2) is 0 Å². The van der Waals surface area contributed by atoms with Crippen molar-refractivity contribution in [2.24, 2.45) is 5.92 Å². The molecule has 3 rings (SSSR count). The lowest BCUT2D eigenvalue weighted by molar-refractivity contribution is -0.137. The number of rotatable bonds is 8. The summed E-state index contributed by atoms with van der Waals surface area (Å²) in [6.45, 7) is 9.55.